The molecule has 1 fully saturated rings. The summed E-state index contributed by atoms with van der Waals surface area (Å²) in [5.74, 6) is -1.25. The van der Waals surface area contributed by atoms with Gasteiger partial charge in [0.25, 0.3) is 5.91 Å². The van der Waals surface area contributed by atoms with Gasteiger partial charge in [0.15, 0.2) is 0 Å². The van der Waals surface area contributed by atoms with Crippen molar-refractivity contribution in [1.82, 2.24) is 19.6 Å². The van der Waals surface area contributed by atoms with Crippen LogP contribution < -0.4 is 0 Å². The van der Waals surface area contributed by atoms with Crippen LogP contribution in [0.1, 0.15) is 53.1 Å². The number of likely N-dealkylation sites (N-methyl/N-ethyl adjacent to an activating group) is 1. The van der Waals surface area contributed by atoms with Gasteiger partial charge in [0, 0.05) is 25.7 Å². The third-order valence-electron chi connectivity index (χ3n) is 6.05. The van der Waals surface area contributed by atoms with Crippen molar-refractivity contribution in [2.24, 2.45) is 5.92 Å². The first-order valence-electron chi connectivity index (χ1n) is 11.8. The maximum absolute atomic E-state index is 12.9. The molecule has 1 aliphatic rings. The summed E-state index contributed by atoms with van der Waals surface area (Å²) in [5, 5.41) is 4.26. The Labute approximate surface area is 204 Å². The Morgan fingerprint density at radius 3 is 2.26 bits per heavy atom. The number of carbonyl (C=O) groups excluding carboxylic acids is 4. The number of rotatable bonds is 8. The molecule has 0 atom stereocenters. The molecule has 1 aromatic carbocycles. The molecule has 0 saturated carbocycles. The van der Waals surface area contributed by atoms with Gasteiger partial charge in [-0.05, 0) is 57.9 Å². The number of hydrogen-bond acceptors (Lipinski definition) is 7. The second-order valence-corrected chi connectivity index (χ2v) is 8.39. The zero-order valence-corrected chi connectivity index (χ0v) is 20.7. The van der Waals surface area contributed by atoms with Gasteiger partial charge in [-0.2, -0.15) is 5.10 Å². The number of piperidine rings is 1. The second kappa shape index (κ2) is 11.6. The van der Waals surface area contributed by atoms with Crippen molar-refractivity contribution in [1.29, 1.82) is 0 Å². The van der Waals surface area contributed by atoms with E-state index in [4.69, 9.17) is 9.47 Å². The monoisotopic (exact) mass is 484 g/mol. The highest BCUT2D eigenvalue weighted by molar-refractivity contribution is 5.96. The number of likely N-dealkylation sites (tertiary alicyclic amines) is 1. The molecule has 2 heterocycles. The molecule has 0 bridgehead atoms. The van der Waals surface area contributed by atoms with E-state index in [0.29, 0.717) is 55.0 Å². The fourth-order valence-electron chi connectivity index (χ4n) is 4.04. The molecule has 0 unspecified atom stereocenters. The Hall–Kier alpha value is -3.69. The van der Waals surface area contributed by atoms with Crippen LogP contribution in [0.4, 0.5) is 0 Å². The summed E-state index contributed by atoms with van der Waals surface area (Å²) < 4.78 is 11.7. The summed E-state index contributed by atoms with van der Waals surface area (Å²) in [5.41, 5.74) is 2.15. The lowest BCUT2D eigenvalue weighted by molar-refractivity contribution is -0.151. The van der Waals surface area contributed by atoms with Gasteiger partial charge >= 0.3 is 11.9 Å². The molecule has 1 aliphatic heterocycles. The quantitative estimate of drug-likeness (QED) is 0.528. The molecule has 3 rings (SSSR count). The average molecular weight is 485 g/mol. The first-order valence-corrected chi connectivity index (χ1v) is 11.8. The summed E-state index contributed by atoms with van der Waals surface area (Å²) in [6.45, 7) is 6.80. The van der Waals surface area contributed by atoms with Crippen LogP contribution in [-0.2, 0) is 19.1 Å². The molecular formula is C25H32N4O6. The number of ether oxygens (including phenoxy) is 2. The zero-order chi connectivity index (χ0) is 25.5. The predicted molar refractivity (Wildman–Crippen MR) is 127 cm³/mol. The van der Waals surface area contributed by atoms with Gasteiger partial charge < -0.3 is 19.3 Å². The molecule has 0 radical (unpaired) electrons. The fourth-order valence-corrected chi connectivity index (χ4v) is 4.04. The van der Waals surface area contributed by atoms with Crippen molar-refractivity contribution in [2.45, 2.75) is 33.6 Å². The number of carbonyl (C=O) groups is 4. The Bertz CT molecular complexity index is 1070. The van der Waals surface area contributed by atoms with E-state index in [1.54, 1.807) is 61.7 Å². The van der Waals surface area contributed by atoms with Gasteiger partial charge in [0.1, 0.15) is 5.56 Å². The van der Waals surface area contributed by atoms with E-state index in [9.17, 15) is 19.2 Å². The van der Waals surface area contributed by atoms with Crippen molar-refractivity contribution in [2.75, 3.05) is 39.9 Å². The molecule has 0 aliphatic carbocycles. The molecule has 188 valence electrons. The number of benzene rings is 1. The molecule has 0 N–H and O–H groups in total. The van der Waals surface area contributed by atoms with E-state index < -0.39 is 5.97 Å². The molecule has 1 saturated heterocycles. The highest BCUT2D eigenvalue weighted by Crippen LogP contribution is 2.20. The van der Waals surface area contributed by atoms with Gasteiger partial charge in [-0.15, -0.1) is 0 Å². The first kappa shape index (κ1) is 25.9. The lowest BCUT2D eigenvalue weighted by atomic mass is 9.97. The van der Waals surface area contributed by atoms with Gasteiger partial charge in [-0.3, -0.25) is 14.4 Å². The maximum atomic E-state index is 12.9. The first-order chi connectivity index (χ1) is 16.8. The highest BCUT2D eigenvalue weighted by Gasteiger charge is 2.29. The van der Waals surface area contributed by atoms with Gasteiger partial charge in [-0.1, -0.05) is 0 Å². The van der Waals surface area contributed by atoms with E-state index in [-0.39, 0.29) is 36.9 Å². The Morgan fingerprint density at radius 1 is 1.03 bits per heavy atom. The van der Waals surface area contributed by atoms with Crippen molar-refractivity contribution in [3.8, 4) is 5.69 Å². The van der Waals surface area contributed by atoms with Crippen LogP contribution in [0.3, 0.4) is 0 Å². The van der Waals surface area contributed by atoms with Gasteiger partial charge in [-0.25, -0.2) is 9.48 Å². The minimum Gasteiger partial charge on any atom is -0.466 e. The summed E-state index contributed by atoms with van der Waals surface area (Å²) in [7, 11) is 1.59. The number of amides is 2. The van der Waals surface area contributed by atoms with Gasteiger partial charge in [0.05, 0.1) is 43.3 Å². The lowest BCUT2D eigenvalue weighted by Gasteiger charge is -2.32. The second-order valence-electron chi connectivity index (χ2n) is 8.39. The van der Waals surface area contributed by atoms with E-state index >= 15 is 0 Å². The number of nitrogens with zero attached hydrogens (tertiary/aromatic N) is 4. The Morgan fingerprint density at radius 2 is 1.66 bits per heavy atom. The predicted octanol–water partition coefficient (Wildman–Crippen LogP) is 2.23. The molecule has 10 heteroatoms. The summed E-state index contributed by atoms with van der Waals surface area (Å²) in [6.07, 6.45) is 2.59. The molecule has 0 spiro atoms. The van der Waals surface area contributed by atoms with Crippen LogP contribution in [0.5, 0.6) is 0 Å². The van der Waals surface area contributed by atoms with Crippen LogP contribution >= 0.6 is 0 Å². The lowest BCUT2D eigenvalue weighted by Crippen LogP contribution is -2.45. The van der Waals surface area contributed by atoms with Gasteiger partial charge in [0.2, 0.25) is 5.91 Å². The smallest absolute Gasteiger partial charge is 0.341 e. The minimum atomic E-state index is -0.431. The maximum Gasteiger partial charge on any atom is 0.341 e. The van der Waals surface area contributed by atoms with E-state index in [1.807, 2.05) is 0 Å². The number of aromatic nitrogens is 2. The molecular weight excluding hydrogens is 452 g/mol. The standard InChI is InChI=1S/C25H32N4O6/c1-5-34-24(32)19-11-13-28(14-12-19)22(30)16-27(4)23(31)18-7-9-20(10-8-18)29-17(3)21(15-26-29)25(33)35-6-2/h7-10,15,19H,5-6,11-14,16H2,1-4H3. The van der Waals surface area contributed by atoms with Crippen LogP contribution in [0.2, 0.25) is 0 Å². The third kappa shape index (κ3) is 6.06. The van der Waals surface area contributed by atoms with Crippen molar-refractivity contribution in [3.63, 3.8) is 0 Å². The van der Waals surface area contributed by atoms with Crippen molar-refractivity contribution >= 4 is 23.8 Å². The molecule has 2 amide bonds. The van der Waals surface area contributed by atoms with E-state index in [2.05, 4.69) is 5.10 Å². The van der Waals surface area contributed by atoms with Crippen LogP contribution in [-0.4, -0.2) is 83.2 Å². The third-order valence-corrected chi connectivity index (χ3v) is 6.05. The summed E-state index contributed by atoms with van der Waals surface area (Å²) in [6, 6.07) is 6.79. The number of hydrogen-bond donors (Lipinski definition) is 0. The topological polar surface area (TPSA) is 111 Å². The molecule has 1 aromatic heterocycles. The average Bonchev–Trinajstić information content (AvgIpc) is 3.25. The van der Waals surface area contributed by atoms with Crippen molar-refractivity contribution < 1.29 is 28.7 Å². The normalized spacial score (nSPS) is 13.9. The fraction of sp³-hybridized carbons (Fsp3) is 0.480. The molecule has 2 aromatic rings. The Balaban J connectivity index is 1.58. The zero-order valence-electron chi connectivity index (χ0n) is 20.7. The highest BCUT2D eigenvalue weighted by atomic mass is 16.5. The van der Waals surface area contributed by atoms with Crippen molar-refractivity contribution in [3.05, 3.63) is 47.3 Å². The largest absolute Gasteiger partial charge is 0.466 e. The summed E-state index contributed by atoms with van der Waals surface area (Å²) >= 11 is 0. The minimum absolute atomic E-state index is 0.0498. The molecule has 10 nitrogen and oxygen atoms in total. The van der Waals surface area contributed by atoms with Crippen LogP contribution in [0.15, 0.2) is 30.5 Å². The van der Waals surface area contributed by atoms with E-state index in [0.717, 1.165) is 0 Å². The van der Waals surface area contributed by atoms with Crippen LogP contribution in [0, 0.1) is 12.8 Å². The Kier molecular flexibility index (Phi) is 8.62. The SMILES string of the molecule is CCOC(=O)c1cnn(-c2ccc(C(=O)N(C)CC(=O)N3CCC(C(=O)OCC)CC3)cc2)c1C. The van der Waals surface area contributed by atoms with E-state index in [1.165, 1.54) is 11.1 Å². The summed E-state index contributed by atoms with van der Waals surface area (Å²) in [4.78, 5) is 52.5. The number of esters is 2. The molecule has 35 heavy (non-hydrogen) atoms. The van der Waals surface area contributed by atoms with Crippen LogP contribution in [0.25, 0.3) is 5.69 Å².